The van der Waals surface area contributed by atoms with Crippen molar-refractivity contribution in [3.63, 3.8) is 0 Å². The lowest BCUT2D eigenvalue weighted by molar-refractivity contribution is -0.118. The van der Waals surface area contributed by atoms with E-state index in [-0.39, 0.29) is 17.0 Å². The van der Waals surface area contributed by atoms with Crippen molar-refractivity contribution in [3.8, 4) is 23.0 Å². The number of anilines is 2. The lowest BCUT2D eigenvalue weighted by Crippen LogP contribution is -2.47. The summed E-state index contributed by atoms with van der Waals surface area (Å²) in [4.78, 5) is 43.7. The first-order valence-corrected chi connectivity index (χ1v) is 12.0. The summed E-state index contributed by atoms with van der Waals surface area (Å²) in [5, 5.41) is 8.27. The second kappa shape index (κ2) is 13.1. The molecule has 11 nitrogen and oxygen atoms in total. The normalized spacial score (nSPS) is 11.3. The lowest BCUT2D eigenvalue weighted by Gasteiger charge is -2.23. The summed E-state index contributed by atoms with van der Waals surface area (Å²) >= 11 is 0. The van der Waals surface area contributed by atoms with Crippen LogP contribution in [0.5, 0.6) is 23.0 Å². The van der Waals surface area contributed by atoms with Gasteiger partial charge < -0.3 is 34.9 Å². The summed E-state index contributed by atoms with van der Waals surface area (Å²) in [6.07, 6.45) is 2.68. The summed E-state index contributed by atoms with van der Waals surface area (Å²) in [5.41, 5.74) is 0.875. The van der Waals surface area contributed by atoms with Crippen molar-refractivity contribution >= 4 is 29.1 Å². The van der Waals surface area contributed by atoms with E-state index in [4.69, 9.17) is 18.9 Å². The predicted octanol–water partition coefficient (Wildman–Crippen LogP) is 3.76. The molecule has 0 bridgehead atoms. The van der Waals surface area contributed by atoms with Gasteiger partial charge in [0.05, 0.1) is 50.9 Å². The molecular weight excluding hydrogens is 504 g/mol. The van der Waals surface area contributed by atoms with Gasteiger partial charge in [-0.3, -0.25) is 19.4 Å². The number of amides is 3. The quantitative estimate of drug-likeness (QED) is 0.337. The highest BCUT2D eigenvalue weighted by molar-refractivity contribution is 6.13. The van der Waals surface area contributed by atoms with Gasteiger partial charge in [0.2, 0.25) is 5.91 Å². The number of nitrogens with zero attached hydrogens (tertiary/aromatic N) is 1. The number of nitrogens with one attached hydrogen (secondary N) is 3. The highest BCUT2D eigenvalue weighted by Crippen LogP contribution is 2.30. The van der Waals surface area contributed by atoms with E-state index in [1.54, 1.807) is 50.2 Å². The Morgan fingerprint density at radius 1 is 0.718 bits per heavy atom. The highest BCUT2D eigenvalue weighted by Gasteiger charge is 2.28. The number of pyridine rings is 1. The average Bonchev–Trinajstić information content (AvgIpc) is 2.95. The van der Waals surface area contributed by atoms with Gasteiger partial charge in [-0.2, -0.15) is 0 Å². The minimum Gasteiger partial charge on any atom is -0.497 e. The fraction of sp³-hybridized carbons (Fsp3) is 0.286. The molecule has 3 amide bonds. The van der Waals surface area contributed by atoms with Gasteiger partial charge in [0.25, 0.3) is 11.8 Å². The van der Waals surface area contributed by atoms with Crippen LogP contribution in [0.4, 0.5) is 11.4 Å². The molecule has 0 spiro atoms. The second-order valence-corrected chi connectivity index (χ2v) is 8.69. The van der Waals surface area contributed by atoms with E-state index in [1.165, 1.54) is 46.9 Å². The van der Waals surface area contributed by atoms with Crippen molar-refractivity contribution in [3.05, 3.63) is 66.0 Å². The molecular formula is C28H32N4O7. The monoisotopic (exact) mass is 536 g/mol. The van der Waals surface area contributed by atoms with Crippen LogP contribution in [0, 0.1) is 5.92 Å². The topological polar surface area (TPSA) is 137 Å². The fourth-order valence-corrected chi connectivity index (χ4v) is 3.73. The molecule has 0 aliphatic heterocycles. The molecule has 3 rings (SSSR count). The number of hydrogen-bond donors (Lipinski definition) is 3. The van der Waals surface area contributed by atoms with Crippen LogP contribution in [-0.2, 0) is 4.79 Å². The fourth-order valence-electron chi connectivity index (χ4n) is 3.73. The van der Waals surface area contributed by atoms with Crippen LogP contribution >= 0.6 is 0 Å². The van der Waals surface area contributed by atoms with Crippen LogP contribution < -0.4 is 34.9 Å². The Labute approximate surface area is 226 Å². The molecule has 2 aromatic carbocycles. The number of benzene rings is 2. The van der Waals surface area contributed by atoms with Gasteiger partial charge >= 0.3 is 0 Å². The summed E-state index contributed by atoms with van der Waals surface area (Å²) in [6.45, 7) is 3.59. The third kappa shape index (κ3) is 6.95. The van der Waals surface area contributed by atoms with Gasteiger partial charge in [-0.25, -0.2) is 0 Å². The Morgan fingerprint density at radius 2 is 1.28 bits per heavy atom. The molecule has 0 aliphatic carbocycles. The van der Waals surface area contributed by atoms with Crippen LogP contribution in [0.25, 0.3) is 0 Å². The van der Waals surface area contributed by atoms with Crippen molar-refractivity contribution in [1.82, 2.24) is 10.3 Å². The lowest BCUT2D eigenvalue weighted by atomic mass is 10.0. The van der Waals surface area contributed by atoms with Gasteiger partial charge in [0, 0.05) is 24.5 Å². The molecule has 206 valence electrons. The van der Waals surface area contributed by atoms with Gasteiger partial charge in [0.1, 0.15) is 29.0 Å². The Hall–Kier alpha value is -4.80. The maximum Gasteiger partial charge on any atom is 0.256 e. The molecule has 0 radical (unpaired) electrons. The Kier molecular flexibility index (Phi) is 9.69. The standard InChI is InChI=1S/C28H32N4O7/c1-16(2)25(28(35)31-22-10-8-18(37-4)14-24(22)39-6)32-27(34)20-15-29-12-11-19(20)26(33)30-21-9-7-17(36-3)13-23(21)38-5/h7-16,25H,1-6H3,(H,30,33)(H,31,35)(H,32,34). The number of aromatic nitrogens is 1. The second-order valence-electron chi connectivity index (χ2n) is 8.69. The number of methoxy groups -OCH3 is 4. The predicted molar refractivity (Wildman–Crippen MR) is 146 cm³/mol. The van der Waals surface area contributed by atoms with Gasteiger partial charge in [0.15, 0.2) is 0 Å². The van der Waals surface area contributed by atoms with Crippen molar-refractivity contribution in [2.24, 2.45) is 5.92 Å². The van der Waals surface area contributed by atoms with Crippen LogP contribution in [-0.4, -0.2) is 57.2 Å². The zero-order valence-electron chi connectivity index (χ0n) is 22.7. The molecule has 3 aromatic rings. The molecule has 1 atom stereocenters. The first kappa shape index (κ1) is 28.8. The van der Waals surface area contributed by atoms with E-state index in [1.807, 2.05) is 0 Å². The molecule has 1 heterocycles. The highest BCUT2D eigenvalue weighted by atomic mass is 16.5. The van der Waals surface area contributed by atoms with E-state index in [2.05, 4.69) is 20.9 Å². The zero-order valence-corrected chi connectivity index (χ0v) is 22.7. The maximum atomic E-state index is 13.3. The first-order valence-electron chi connectivity index (χ1n) is 12.0. The largest absolute Gasteiger partial charge is 0.497 e. The van der Waals surface area contributed by atoms with Crippen molar-refractivity contribution < 1.29 is 33.3 Å². The third-order valence-electron chi connectivity index (χ3n) is 5.87. The summed E-state index contributed by atoms with van der Waals surface area (Å²) in [5.74, 6) is -0.0299. The minimum absolute atomic E-state index is 0.00274. The number of carbonyl (C=O) groups excluding carboxylic acids is 3. The molecule has 0 aliphatic rings. The molecule has 1 unspecified atom stereocenters. The van der Waals surface area contributed by atoms with Crippen molar-refractivity contribution in [2.75, 3.05) is 39.1 Å². The first-order chi connectivity index (χ1) is 18.7. The third-order valence-corrected chi connectivity index (χ3v) is 5.87. The molecule has 3 N–H and O–H groups in total. The van der Waals surface area contributed by atoms with E-state index in [0.29, 0.717) is 34.4 Å². The molecule has 0 saturated heterocycles. The molecule has 1 aromatic heterocycles. The Morgan fingerprint density at radius 3 is 1.79 bits per heavy atom. The smallest absolute Gasteiger partial charge is 0.256 e. The van der Waals surface area contributed by atoms with Crippen LogP contribution in [0.3, 0.4) is 0 Å². The molecule has 11 heteroatoms. The maximum absolute atomic E-state index is 13.3. The SMILES string of the molecule is COc1ccc(NC(=O)c2ccncc2C(=O)NC(C(=O)Nc2ccc(OC)cc2OC)C(C)C)c(OC)c1. The van der Waals surface area contributed by atoms with Crippen molar-refractivity contribution in [1.29, 1.82) is 0 Å². The Bertz CT molecular complexity index is 1340. The molecule has 39 heavy (non-hydrogen) atoms. The number of rotatable bonds is 11. The van der Waals surface area contributed by atoms with Crippen LogP contribution in [0.1, 0.15) is 34.6 Å². The zero-order chi connectivity index (χ0) is 28.5. The van der Waals surface area contributed by atoms with Gasteiger partial charge in [-0.15, -0.1) is 0 Å². The number of carbonyl (C=O) groups is 3. The summed E-state index contributed by atoms with van der Waals surface area (Å²) in [7, 11) is 5.99. The van der Waals surface area contributed by atoms with E-state index in [0.717, 1.165) is 0 Å². The average molecular weight is 537 g/mol. The minimum atomic E-state index is -0.929. The summed E-state index contributed by atoms with van der Waals surface area (Å²) in [6, 6.07) is 10.4. The number of ether oxygens (including phenoxy) is 4. The van der Waals surface area contributed by atoms with E-state index >= 15 is 0 Å². The number of hydrogen-bond acceptors (Lipinski definition) is 8. The van der Waals surface area contributed by atoms with Gasteiger partial charge in [-0.05, 0) is 36.2 Å². The van der Waals surface area contributed by atoms with Crippen LogP contribution in [0.15, 0.2) is 54.9 Å². The van der Waals surface area contributed by atoms with E-state index < -0.39 is 23.8 Å². The van der Waals surface area contributed by atoms with Crippen LogP contribution in [0.2, 0.25) is 0 Å². The van der Waals surface area contributed by atoms with Crippen molar-refractivity contribution in [2.45, 2.75) is 19.9 Å². The molecule has 0 saturated carbocycles. The molecule has 0 fully saturated rings. The summed E-state index contributed by atoms with van der Waals surface area (Å²) < 4.78 is 21.1. The Balaban J connectivity index is 1.81. The van der Waals surface area contributed by atoms with Gasteiger partial charge in [-0.1, -0.05) is 13.8 Å². The van der Waals surface area contributed by atoms with E-state index in [9.17, 15) is 14.4 Å².